The number of hydrogen-bond acceptors (Lipinski definition) is 6. The largest absolute Gasteiger partial charge is 0.364 e. The molecule has 2 aromatic rings. The zero-order valence-corrected chi connectivity index (χ0v) is 14.9. The number of nitrogens with two attached hydrogens (primary N) is 1. The third kappa shape index (κ3) is 3.53. The molecule has 0 aromatic carbocycles. The maximum Gasteiger partial charge on any atom is 0.333 e. The zero-order valence-electron chi connectivity index (χ0n) is 14.0. The van der Waals surface area contributed by atoms with Crippen LogP contribution in [0.2, 0.25) is 0 Å². The van der Waals surface area contributed by atoms with E-state index in [-0.39, 0.29) is 29.0 Å². The fourth-order valence-corrected chi connectivity index (χ4v) is 4.80. The SMILES string of the molecule is Cc1c(S(=O)(=O)N2CC(F)CC2Cn2cc(C(N)=O)nn2)cnn1C(F)F. The van der Waals surface area contributed by atoms with Crippen LogP contribution in [0.15, 0.2) is 17.3 Å². The molecule has 1 aliphatic heterocycles. The summed E-state index contributed by atoms with van der Waals surface area (Å²) in [4.78, 5) is 10.7. The van der Waals surface area contributed by atoms with Gasteiger partial charge in [-0.1, -0.05) is 5.21 Å². The van der Waals surface area contributed by atoms with E-state index >= 15 is 0 Å². The molecular formula is C13H16F3N7O3S. The number of nitrogens with zero attached hydrogens (tertiary/aromatic N) is 6. The van der Waals surface area contributed by atoms with Crippen molar-refractivity contribution >= 4 is 15.9 Å². The Morgan fingerprint density at radius 3 is 2.70 bits per heavy atom. The molecule has 3 rings (SSSR count). The Balaban J connectivity index is 1.89. The molecule has 1 saturated heterocycles. The monoisotopic (exact) mass is 407 g/mol. The van der Waals surface area contributed by atoms with E-state index in [4.69, 9.17) is 5.73 Å². The minimum absolute atomic E-state index is 0.0814. The van der Waals surface area contributed by atoms with E-state index in [1.54, 1.807) is 0 Å². The molecule has 14 heteroatoms. The molecule has 1 aliphatic rings. The predicted molar refractivity (Wildman–Crippen MR) is 83.9 cm³/mol. The van der Waals surface area contributed by atoms with Gasteiger partial charge in [0.05, 0.1) is 24.6 Å². The van der Waals surface area contributed by atoms with Gasteiger partial charge in [0.1, 0.15) is 11.1 Å². The van der Waals surface area contributed by atoms with E-state index in [2.05, 4.69) is 15.4 Å². The van der Waals surface area contributed by atoms with E-state index in [1.165, 1.54) is 17.8 Å². The molecule has 3 heterocycles. The second-order valence-electron chi connectivity index (χ2n) is 6.07. The van der Waals surface area contributed by atoms with E-state index < -0.39 is 46.1 Å². The lowest BCUT2D eigenvalue weighted by atomic mass is 10.2. The third-order valence-corrected chi connectivity index (χ3v) is 6.29. The summed E-state index contributed by atoms with van der Waals surface area (Å²) < 4.78 is 67.9. The van der Waals surface area contributed by atoms with Gasteiger partial charge < -0.3 is 5.73 Å². The molecule has 2 N–H and O–H groups in total. The van der Waals surface area contributed by atoms with Crippen LogP contribution < -0.4 is 5.73 Å². The summed E-state index contributed by atoms with van der Waals surface area (Å²) in [5.41, 5.74) is 4.72. The van der Waals surface area contributed by atoms with Gasteiger partial charge >= 0.3 is 6.55 Å². The molecule has 2 atom stereocenters. The Labute approximate surface area is 151 Å². The number of halogens is 3. The van der Waals surface area contributed by atoms with Crippen LogP contribution in [-0.4, -0.2) is 62.2 Å². The zero-order chi connectivity index (χ0) is 19.9. The fraction of sp³-hybridized carbons (Fsp3) is 0.538. The molecule has 1 amide bonds. The van der Waals surface area contributed by atoms with Crippen LogP contribution >= 0.6 is 0 Å². The lowest BCUT2D eigenvalue weighted by Gasteiger charge is -2.23. The van der Waals surface area contributed by atoms with Crippen molar-refractivity contribution in [3.05, 3.63) is 23.8 Å². The van der Waals surface area contributed by atoms with Crippen LogP contribution in [0.5, 0.6) is 0 Å². The average Bonchev–Trinajstić information content (AvgIpc) is 3.26. The number of rotatable bonds is 6. The summed E-state index contributed by atoms with van der Waals surface area (Å²) in [7, 11) is -4.27. The van der Waals surface area contributed by atoms with Gasteiger partial charge in [0.15, 0.2) is 5.69 Å². The molecule has 27 heavy (non-hydrogen) atoms. The van der Waals surface area contributed by atoms with Gasteiger partial charge in [0.2, 0.25) is 10.0 Å². The molecule has 148 valence electrons. The third-order valence-electron chi connectivity index (χ3n) is 4.27. The van der Waals surface area contributed by atoms with Crippen molar-refractivity contribution in [1.82, 2.24) is 29.1 Å². The van der Waals surface area contributed by atoms with Crippen LogP contribution in [0.25, 0.3) is 0 Å². The summed E-state index contributed by atoms with van der Waals surface area (Å²) >= 11 is 0. The quantitative estimate of drug-likeness (QED) is 0.722. The van der Waals surface area contributed by atoms with Crippen molar-refractivity contribution in [2.75, 3.05) is 6.54 Å². The standard InChI is InChI=1S/C13H16F3N7O3S/c1-7-11(3-18-23(7)13(15)16)27(25,26)22-4-8(14)2-9(22)5-21-6-10(12(17)24)19-20-21/h3,6,8-9,13H,2,4-5H2,1H3,(H2,17,24). The van der Waals surface area contributed by atoms with E-state index in [0.29, 0.717) is 0 Å². The highest BCUT2D eigenvalue weighted by molar-refractivity contribution is 7.89. The minimum Gasteiger partial charge on any atom is -0.364 e. The molecule has 0 aliphatic carbocycles. The molecule has 10 nitrogen and oxygen atoms in total. The first-order valence-corrected chi connectivity index (χ1v) is 9.23. The first kappa shape index (κ1) is 19.3. The Hall–Kier alpha value is -2.48. The summed E-state index contributed by atoms with van der Waals surface area (Å²) in [6.07, 6.45) is 0.487. The van der Waals surface area contributed by atoms with Crippen LogP contribution in [-0.2, 0) is 16.6 Å². The number of hydrogen-bond donors (Lipinski definition) is 1. The maximum atomic E-state index is 14.0. The van der Waals surface area contributed by atoms with Crippen molar-refractivity contribution < 1.29 is 26.4 Å². The molecule has 1 fully saturated rings. The maximum absolute atomic E-state index is 14.0. The smallest absolute Gasteiger partial charge is 0.333 e. The first-order chi connectivity index (χ1) is 12.6. The van der Waals surface area contributed by atoms with E-state index in [0.717, 1.165) is 10.5 Å². The lowest BCUT2D eigenvalue weighted by Crippen LogP contribution is -2.38. The van der Waals surface area contributed by atoms with E-state index in [9.17, 15) is 26.4 Å². The molecular weight excluding hydrogens is 391 g/mol. The number of carbonyl (C=O) groups is 1. The Morgan fingerprint density at radius 1 is 1.44 bits per heavy atom. The van der Waals surface area contributed by atoms with Crippen molar-refractivity contribution in [2.45, 2.75) is 43.5 Å². The predicted octanol–water partition coefficient (Wildman–Crippen LogP) is 0.0783. The van der Waals surface area contributed by atoms with Crippen LogP contribution in [0, 0.1) is 6.92 Å². The molecule has 0 spiro atoms. The number of aromatic nitrogens is 5. The highest BCUT2D eigenvalue weighted by atomic mass is 32.2. The lowest BCUT2D eigenvalue weighted by molar-refractivity contribution is 0.0541. The van der Waals surface area contributed by atoms with Crippen molar-refractivity contribution in [1.29, 1.82) is 0 Å². The number of primary amides is 1. The molecule has 2 unspecified atom stereocenters. The fourth-order valence-electron chi connectivity index (χ4n) is 2.99. The summed E-state index contributed by atoms with van der Waals surface area (Å²) in [6.45, 7) is -2.31. The van der Waals surface area contributed by atoms with Crippen LogP contribution in [0.4, 0.5) is 13.2 Å². The average molecular weight is 407 g/mol. The molecule has 2 aromatic heterocycles. The number of sulfonamides is 1. The Bertz CT molecular complexity index is 958. The van der Waals surface area contributed by atoms with Gasteiger partial charge in [-0.25, -0.2) is 17.5 Å². The normalized spacial score (nSPS) is 21.2. The molecule has 0 bridgehead atoms. The molecule has 0 saturated carbocycles. The van der Waals surface area contributed by atoms with Gasteiger partial charge in [0, 0.05) is 12.6 Å². The first-order valence-electron chi connectivity index (χ1n) is 7.79. The van der Waals surface area contributed by atoms with E-state index in [1.807, 2.05) is 0 Å². The topological polar surface area (TPSA) is 129 Å². The van der Waals surface area contributed by atoms with Crippen molar-refractivity contribution in [2.24, 2.45) is 5.73 Å². The van der Waals surface area contributed by atoms with Crippen LogP contribution in [0.1, 0.15) is 29.2 Å². The minimum atomic E-state index is -4.27. The van der Waals surface area contributed by atoms with Gasteiger partial charge in [-0.2, -0.15) is 18.2 Å². The van der Waals surface area contributed by atoms with Crippen LogP contribution in [0.3, 0.4) is 0 Å². The van der Waals surface area contributed by atoms with Gasteiger partial charge in [-0.05, 0) is 13.3 Å². The number of carbonyl (C=O) groups excluding carboxylic acids is 1. The summed E-state index contributed by atoms with van der Waals surface area (Å²) in [5, 5.41) is 10.6. The highest BCUT2D eigenvalue weighted by Crippen LogP contribution is 2.30. The van der Waals surface area contributed by atoms with Gasteiger partial charge in [-0.3, -0.25) is 9.48 Å². The molecule has 0 radical (unpaired) electrons. The second-order valence-corrected chi connectivity index (χ2v) is 7.93. The van der Waals surface area contributed by atoms with Gasteiger partial charge in [0.25, 0.3) is 5.91 Å². The summed E-state index contributed by atoms with van der Waals surface area (Å²) in [6, 6.07) is -0.846. The number of amides is 1. The summed E-state index contributed by atoms with van der Waals surface area (Å²) in [5.74, 6) is -0.810. The van der Waals surface area contributed by atoms with Crippen molar-refractivity contribution in [3.8, 4) is 0 Å². The second kappa shape index (κ2) is 6.92. The Kier molecular flexibility index (Phi) is 4.94. The Morgan fingerprint density at radius 2 is 2.15 bits per heavy atom. The highest BCUT2D eigenvalue weighted by Gasteiger charge is 2.42. The number of alkyl halides is 3. The van der Waals surface area contributed by atoms with Crippen molar-refractivity contribution in [3.63, 3.8) is 0 Å². The van der Waals surface area contributed by atoms with Gasteiger partial charge in [-0.15, -0.1) is 5.10 Å².